The van der Waals surface area contributed by atoms with Crippen LogP contribution in [0.5, 0.6) is 0 Å². The average molecular weight is 246 g/mol. The molecule has 2 nitrogen and oxygen atoms in total. The van der Waals surface area contributed by atoms with Gasteiger partial charge in [0.25, 0.3) is 0 Å². The highest BCUT2D eigenvalue weighted by atomic mass is 16.4. The van der Waals surface area contributed by atoms with E-state index in [4.69, 9.17) is 0 Å². The second-order valence-corrected chi connectivity index (χ2v) is 5.75. The number of carboxylic acids is 1. The molecule has 18 heavy (non-hydrogen) atoms. The minimum absolute atomic E-state index is 0.478. The zero-order valence-electron chi connectivity index (χ0n) is 11.3. The number of carboxylic acid groups (broad SMARTS) is 1. The Morgan fingerprint density at radius 3 is 2.67 bits per heavy atom. The molecule has 0 aliphatic heterocycles. The highest BCUT2D eigenvalue weighted by molar-refractivity contribution is 5.75. The van der Waals surface area contributed by atoms with Crippen molar-refractivity contribution >= 4 is 5.97 Å². The van der Waals surface area contributed by atoms with Crippen LogP contribution in [0.3, 0.4) is 0 Å². The largest absolute Gasteiger partial charge is 0.481 e. The quantitative estimate of drug-likeness (QED) is 0.879. The van der Waals surface area contributed by atoms with Crippen LogP contribution in [0.25, 0.3) is 0 Å². The van der Waals surface area contributed by atoms with Crippen molar-refractivity contribution in [2.24, 2.45) is 11.3 Å². The van der Waals surface area contributed by atoms with E-state index in [0.717, 1.165) is 25.7 Å². The van der Waals surface area contributed by atoms with Gasteiger partial charge in [-0.15, -0.1) is 0 Å². The van der Waals surface area contributed by atoms with Gasteiger partial charge in [-0.2, -0.15) is 0 Å². The van der Waals surface area contributed by atoms with Gasteiger partial charge in [0.15, 0.2) is 0 Å². The summed E-state index contributed by atoms with van der Waals surface area (Å²) < 4.78 is 0. The summed E-state index contributed by atoms with van der Waals surface area (Å²) in [6.07, 6.45) is 4.23. The van der Waals surface area contributed by atoms with Gasteiger partial charge >= 0.3 is 5.97 Å². The van der Waals surface area contributed by atoms with Gasteiger partial charge in [0, 0.05) is 0 Å². The van der Waals surface area contributed by atoms with Gasteiger partial charge in [-0.3, -0.25) is 4.79 Å². The summed E-state index contributed by atoms with van der Waals surface area (Å²) in [5, 5.41) is 9.66. The maximum absolute atomic E-state index is 11.7. The van der Waals surface area contributed by atoms with E-state index in [9.17, 15) is 9.90 Å². The van der Waals surface area contributed by atoms with Crippen LogP contribution < -0.4 is 0 Å². The third-order valence-electron chi connectivity index (χ3n) is 4.41. The van der Waals surface area contributed by atoms with Crippen molar-refractivity contribution in [3.05, 3.63) is 35.4 Å². The summed E-state index contributed by atoms with van der Waals surface area (Å²) >= 11 is 0. The van der Waals surface area contributed by atoms with Crippen molar-refractivity contribution in [1.82, 2.24) is 0 Å². The highest BCUT2D eigenvalue weighted by Gasteiger charge is 2.41. The first-order chi connectivity index (χ1) is 8.57. The number of carbonyl (C=O) groups is 1. The molecule has 2 atom stereocenters. The second-order valence-electron chi connectivity index (χ2n) is 5.75. The molecule has 0 amide bonds. The first kappa shape index (κ1) is 13.1. The number of aliphatic carboxylic acids is 1. The molecule has 0 aromatic heterocycles. The normalized spacial score (nSPS) is 24.3. The zero-order valence-corrected chi connectivity index (χ0v) is 11.3. The van der Waals surface area contributed by atoms with Gasteiger partial charge in [0.2, 0.25) is 0 Å². The number of fused-ring (bicyclic) bond motifs is 1. The molecule has 1 N–H and O–H groups in total. The summed E-state index contributed by atoms with van der Waals surface area (Å²) in [4.78, 5) is 11.7. The van der Waals surface area contributed by atoms with Crippen LogP contribution in [0.2, 0.25) is 0 Å². The maximum atomic E-state index is 11.7. The third-order valence-corrected chi connectivity index (χ3v) is 4.41. The van der Waals surface area contributed by atoms with E-state index in [0.29, 0.717) is 12.3 Å². The topological polar surface area (TPSA) is 37.3 Å². The first-order valence-electron chi connectivity index (χ1n) is 6.87. The molecule has 1 aliphatic carbocycles. The van der Waals surface area contributed by atoms with E-state index >= 15 is 0 Å². The fourth-order valence-corrected chi connectivity index (χ4v) is 3.06. The number of hydrogen-bond donors (Lipinski definition) is 1. The molecule has 2 unspecified atom stereocenters. The summed E-state index contributed by atoms with van der Waals surface area (Å²) in [6.45, 7) is 4.29. The van der Waals surface area contributed by atoms with E-state index < -0.39 is 11.4 Å². The van der Waals surface area contributed by atoms with E-state index in [1.807, 2.05) is 12.1 Å². The van der Waals surface area contributed by atoms with Crippen LogP contribution >= 0.6 is 0 Å². The monoisotopic (exact) mass is 246 g/mol. The number of benzene rings is 1. The fraction of sp³-hybridized carbons (Fsp3) is 0.562. The lowest BCUT2D eigenvalue weighted by molar-refractivity contribution is -0.151. The molecule has 1 aromatic rings. The van der Waals surface area contributed by atoms with Crippen molar-refractivity contribution in [2.75, 3.05) is 0 Å². The predicted octanol–water partition coefficient (Wildman–Crippen LogP) is 3.68. The molecule has 0 heterocycles. The average Bonchev–Trinajstić information content (AvgIpc) is 2.38. The molecule has 2 heteroatoms. The SMILES string of the molecule is CCC(C)CC1(C(=O)O)CCc2ccccc2C1. The standard InChI is InChI=1S/C16H22O2/c1-3-12(2)10-16(15(17)18)9-8-13-6-4-5-7-14(13)11-16/h4-7,12H,3,8-11H2,1-2H3,(H,17,18). The molecule has 0 radical (unpaired) electrons. The Morgan fingerprint density at radius 1 is 1.39 bits per heavy atom. The van der Waals surface area contributed by atoms with E-state index in [2.05, 4.69) is 26.0 Å². The number of rotatable bonds is 4. The van der Waals surface area contributed by atoms with E-state index in [1.165, 1.54) is 11.1 Å². The van der Waals surface area contributed by atoms with Crippen molar-refractivity contribution in [1.29, 1.82) is 0 Å². The molecule has 0 bridgehead atoms. The van der Waals surface area contributed by atoms with E-state index in [1.54, 1.807) is 0 Å². The zero-order chi connectivity index (χ0) is 13.2. The summed E-state index contributed by atoms with van der Waals surface area (Å²) in [6, 6.07) is 8.27. The lowest BCUT2D eigenvalue weighted by Gasteiger charge is -2.36. The van der Waals surface area contributed by atoms with Crippen molar-refractivity contribution < 1.29 is 9.90 Å². The van der Waals surface area contributed by atoms with Gasteiger partial charge in [-0.05, 0) is 42.7 Å². The van der Waals surface area contributed by atoms with Crippen LogP contribution in [0.1, 0.15) is 44.2 Å². The minimum atomic E-state index is -0.614. The van der Waals surface area contributed by atoms with Crippen molar-refractivity contribution in [3.8, 4) is 0 Å². The number of aryl methyl sites for hydroxylation is 1. The minimum Gasteiger partial charge on any atom is -0.481 e. The van der Waals surface area contributed by atoms with Crippen LogP contribution in [-0.4, -0.2) is 11.1 Å². The Hall–Kier alpha value is -1.31. The van der Waals surface area contributed by atoms with Gasteiger partial charge in [-0.1, -0.05) is 44.5 Å². The second kappa shape index (κ2) is 5.13. The Kier molecular flexibility index (Phi) is 3.74. The summed E-state index contributed by atoms with van der Waals surface area (Å²) in [5.74, 6) is -0.135. The first-order valence-corrected chi connectivity index (χ1v) is 6.87. The van der Waals surface area contributed by atoms with Gasteiger partial charge in [-0.25, -0.2) is 0 Å². The molecular formula is C16H22O2. The molecule has 2 rings (SSSR count). The predicted molar refractivity (Wildman–Crippen MR) is 72.6 cm³/mol. The third kappa shape index (κ3) is 2.43. The molecular weight excluding hydrogens is 224 g/mol. The van der Waals surface area contributed by atoms with Crippen molar-refractivity contribution in [2.45, 2.75) is 46.0 Å². The smallest absolute Gasteiger partial charge is 0.309 e. The summed E-state index contributed by atoms with van der Waals surface area (Å²) in [5.41, 5.74) is 2.03. The van der Waals surface area contributed by atoms with Crippen LogP contribution in [0.15, 0.2) is 24.3 Å². The van der Waals surface area contributed by atoms with Crippen LogP contribution in [0.4, 0.5) is 0 Å². The molecule has 0 spiro atoms. The Morgan fingerprint density at radius 2 is 2.06 bits per heavy atom. The summed E-state index contributed by atoms with van der Waals surface area (Å²) in [7, 11) is 0. The molecule has 1 aromatic carbocycles. The fourth-order valence-electron chi connectivity index (χ4n) is 3.06. The Labute approximate surface area is 109 Å². The van der Waals surface area contributed by atoms with Gasteiger partial charge in [0.1, 0.15) is 0 Å². The lowest BCUT2D eigenvalue weighted by atomic mass is 9.67. The number of hydrogen-bond acceptors (Lipinski definition) is 1. The maximum Gasteiger partial charge on any atom is 0.309 e. The van der Waals surface area contributed by atoms with Crippen molar-refractivity contribution in [3.63, 3.8) is 0 Å². The highest BCUT2D eigenvalue weighted by Crippen LogP contribution is 2.41. The van der Waals surface area contributed by atoms with Gasteiger partial charge < -0.3 is 5.11 Å². The Balaban J connectivity index is 2.27. The molecule has 0 fully saturated rings. The molecule has 0 saturated carbocycles. The van der Waals surface area contributed by atoms with E-state index in [-0.39, 0.29) is 0 Å². The van der Waals surface area contributed by atoms with Crippen LogP contribution in [-0.2, 0) is 17.6 Å². The molecule has 98 valence electrons. The molecule has 0 saturated heterocycles. The lowest BCUT2D eigenvalue weighted by Crippen LogP contribution is -2.38. The molecule has 1 aliphatic rings. The van der Waals surface area contributed by atoms with Gasteiger partial charge in [0.05, 0.1) is 5.41 Å². The Bertz CT molecular complexity index is 438. The van der Waals surface area contributed by atoms with Crippen LogP contribution in [0, 0.1) is 11.3 Å².